The van der Waals surface area contributed by atoms with Gasteiger partial charge >= 0.3 is 0 Å². The molecule has 56 valence electrons. The van der Waals surface area contributed by atoms with E-state index < -0.39 is 0 Å². The molecule has 1 N–H and O–H groups in total. The fourth-order valence-electron chi connectivity index (χ4n) is 0.483. The summed E-state index contributed by atoms with van der Waals surface area (Å²) in [5.41, 5.74) is -0.181. The van der Waals surface area contributed by atoms with Gasteiger partial charge < -0.3 is 0 Å². The second kappa shape index (κ2) is 4.14. The Morgan fingerprint density at radius 3 is 2.60 bits per heavy atom. The summed E-state index contributed by atoms with van der Waals surface area (Å²) in [4.78, 5) is 0. The van der Waals surface area contributed by atoms with Crippen LogP contribution in [0.4, 0.5) is 0 Å². The summed E-state index contributed by atoms with van der Waals surface area (Å²) < 4.78 is 0. The molecular weight excluding hydrogens is 122 g/mol. The van der Waals surface area contributed by atoms with Crippen LogP contribution in [-0.2, 0) is 0 Å². The Hall–Kier alpha value is -0.740. The lowest BCUT2D eigenvalue weighted by molar-refractivity contribution is 0.523. The molecule has 0 aliphatic rings. The zero-order valence-corrected chi connectivity index (χ0v) is 6.94. The molecule has 0 atom stereocenters. The minimum atomic E-state index is -0.181. The van der Waals surface area contributed by atoms with Crippen molar-refractivity contribution in [1.82, 2.24) is 5.32 Å². The lowest BCUT2D eigenvalue weighted by atomic mass is 10.1. The number of hydrogen-bond acceptors (Lipinski definition) is 1. The highest BCUT2D eigenvalue weighted by atomic mass is 14.9. The molecule has 1 nitrogen and oxygen atoms in total. The summed E-state index contributed by atoms with van der Waals surface area (Å²) in [5.74, 6) is 2.66. The first-order chi connectivity index (χ1) is 4.62. The number of allylic oxidation sites excluding steroid dienone is 1. The Morgan fingerprint density at radius 2 is 2.20 bits per heavy atom. The van der Waals surface area contributed by atoms with E-state index in [0.29, 0.717) is 0 Å². The van der Waals surface area contributed by atoms with Gasteiger partial charge in [-0.1, -0.05) is 18.1 Å². The average molecular weight is 137 g/mol. The predicted molar refractivity (Wildman–Crippen MR) is 45.7 cm³/mol. The molecule has 0 aromatic heterocycles. The topological polar surface area (TPSA) is 12.0 Å². The molecule has 0 fully saturated rings. The molecule has 0 unspecified atom stereocenters. The third-order valence-electron chi connectivity index (χ3n) is 1.26. The van der Waals surface area contributed by atoms with Crippen LogP contribution in [0, 0.1) is 12.3 Å². The van der Waals surface area contributed by atoms with Crippen LogP contribution in [0.2, 0.25) is 0 Å². The van der Waals surface area contributed by atoms with Gasteiger partial charge in [-0.3, -0.25) is 5.32 Å². The summed E-state index contributed by atoms with van der Waals surface area (Å²) in [5, 5.41) is 3.19. The fourth-order valence-corrected chi connectivity index (χ4v) is 0.483. The van der Waals surface area contributed by atoms with E-state index in [1.165, 1.54) is 0 Å². The van der Waals surface area contributed by atoms with Crippen LogP contribution in [-0.4, -0.2) is 12.1 Å². The molecule has 0 rings (SSSR count). The van der Waals surface area contributed by atoms with E-state index in [0.717, 1.165) is 6.54 Å². The second-order valence-electron chi connectivity index (χ2n) is 2.72. The minimum absolute atomic E-state index is 0.181. The molecule has 0 amide bonds. The maximum absolute atomic E-state index is 5.25. The van der Waals surface area contributed by atoms with Crippen molar-refractivity contribution in [3.63, 3.8) is 0 Å². The first kappa shape index (κ1) is 9.26. The predicted octanol–water partition coefficient (Wildman–Crippen LogP) is 1.56. The first-order valence-electron chi connectivity index (χ1n) is 3.46. The zero-order chi connectivity index (χ0) is 8.04. The summed E-state index contributed by atoms with van der Waals surface area (Å²) in [6, 6.07) is 0. The Balaban J connectivity index is 3.60. The standard InChI is InChI=1S/C9H15N/c1-5-7-8-10-9(3,4)6-2/h2,5,7,10H,8H2,1,3-4H3/b7-5+. The van der Waals surface area contributed by atoms with Crippen molar-refractivity contribution in [1.29, 1.82) is 0 Å². The van der Waals surface area contributed by atoms with Crippen LogP contribution < -0.4 is 5.32 Å². The lowest BCUT2D eigenvalue weighted by Crippen LogP contribution is -2.37. The molecule has 0 aromatic carbocycles. The van der Waals surface area contributed by atoms with E-state index in [1.54, 1.807) is 0 Å². The number of hydrogen-bond donors (Lipinski definition) is 1. The van der Waals surface area contributed by atoms with E-state index in [9.17, 15) is 0 Å². The lowest BCUT2D eigenvalue weighted by Gasteiger charge is -2.17. The first-order valence-corrected chi connectivity index (χ1v) is 3.46. The molecule has 0 bridgehead atoms. The highest BCUT2D eigenvalue weighted by molar-refractivity contribution is 5.08. The molecule has 0 saturated heterocycles. The number of terminal acetylenes is 1. The Morgan fingerprint density at radius 1 is 1.60 bits per heavy atom. The van der Waals surface area contributed by atoms with E-state index in [-0.39, 0.29) is 5.54 Å². The molecule has 0 aliphatic heterocycles. The van der Waals surface area contributed by atoms with Gasteiger partial charge in [0.2, 0.25) is 0 Å². The Bertz CT molecular complexity index is 149. The van der Waals surface area contributed by atoms with Crippen molar-refractivity contribution >= 4 is 0 Å². The molecule has 0 radical (unpaired) electrons. The highest BCUT2D eigenvalue weighted by Crippen LogP contribution is 1.96. The monoisotopic (exact) mass is 137 g/mol. The van der Waals surface area contributed by atoms with Crippen molar-refractivity contribution in [2.75, 3.05) is 6.54 Å². The van der Waals surface area contributed by atoms with Crippen LogP contribution in [0.25, 0.3) is 0 Å². The van der Waals surface area contributed by atoms with Gasteiger partial charge in [-0.2, -0.15) is 0 Å². The van der Waals surface area contributed by atoms with Crippen LogP contribution in [0.1, 0.15) is 20.8 Å². The van der Waals surface area contributed by atoms with Gasteiger partial charge in [0.15, 0.2) is 0 Å². The summed E-state index contributed by atoms with van der Waals surface area (Å²) in [6.07, 6.45) is 9.29. The molecule has 1 heteroatoms. The van der Waals surface area contributed by atoms with Gasteiger partial charge in [0.1, 0.15) is 0 Å². The smallest absolute Gasteiger partial charge is 0.0743 e. The molecule has 0 aromatic rings. The summed E-state index contributed by atoms with van der Waals surface area (Å²) >= 11 is 0. The normalized spacial score (nSPS) is 11.8. The minimum Gasteiger partial charge on any atom is -0.298 e. The van der Waals surface area contributed by atoms with Crippen molar-refractivity contribution < 1.29 is 0 Å². The Kier molecular flexibility index (Phi) is 3.83. The maximum Gasteiger partial charge on any atom is 0.0743 e. The molecule has 10 heavy (non-hydrogen) atoms. The molecule has 0 aliphatic carbocycles. The third-order valence-corrected chi connectivity index (χ3v) is 1.26. The van der Waals surface area contributed by atoms with Crippen LogP contribution in [0.15, 0.2) is 12.2 Å². The second-order valence-corrected chi connectivity index (χ2v) is 2.72. The zero-order valence-electron chi connectivity index (χ0n) is 6.94. The van der Waals surface area contributed by atoms with Gasteiger partial charge in [0, 0.05) is 6.54 Å². The SMILES string of the molecule is C#CC(C)(C)NC/C=C/C. The van der Waals surface area contributed by atoms with E-state index in [1.807, 2.05) is 32.9 Å². The van der Waals surface area contributed by atoms with E-state index in [4.69, 9.17) is 6.42 Å². The van der Waals surface area contributed by atoms with Gasteiger partial charge in [-0.15, -0.1) is 6.42 Å². The fraction of sp³-hybridized carbons (Fsp3) is 0.556. The number of nitrogens with one attached hydrogen (secondary N) is 1. The van der Waals surface area contributed by atoms with Gasteiger partial charge in [0.25, 0.3) is 0 Å². The van der Waals surface area contributed by atoms with Crippen LogP contribution in [0.5, 0.6) is 0 Å². The van der Waals surface area contributed by atoms with E-state index in [2.05, 4.69) is 11.2 Å². The molecule has 0 spiro atoms. The molecule has 0 saturated carbocycles. The quantitative estimate of drug-likeness (QED) is 0.460. The maximum atomic E-state index is 5.25. The van der Waals surface area contributed by atoms with Crippen molar-refractivity contribution in [3.05, 3.63) is 12.2 Å². The van der Waals surface area contributed by atoms with Gasteiger partial charge in [0.05, 0.1) is 5.54 Å². The summed E-state index contributed by atoms with van der Waals surface area (Å²) in [6.45, 7) is 6.80. The van der Waals surface area contributed by atoms with Crippen molar-refractivity contribution in [2.45, 2.75) is 26.3 Å². The van der Waals surface area contributed by atoms with Crippen molar-refractivity contribution in [2.24, 2.45) is 0 Å². The third kappa shape index (κ3) is 4.17. The van der Waals surface area contributed by atoms with E-state index >= 15 is 0 Å². The molecule has 0 heterocycles. The highest BCUT2D eigenvalue weighted by Gasteiger charge is 2.09. The van der Waals surface area contributed by atoms with Crippen LogP contribution >= 0.6 is 0 Å². The van der Waals surface area contributed by atoms with Gasteiger partial charge in [-0.05, 0) is 20.8 Å². The Labute approximate surface area is 63.5 Å². The largest absolute Gasteiger partial charge is 0.298 e. The average Bonchev–Trinajstić information content (AvgIpc) is 1.89. The number of rotatable bonds is 3. The van der Waals surface area contributed by atoms with Gasteiger partial charge in [-0.25, -0.2) is 0 Å². The summed E-state index contributed by atoms with van der Waals surface area (Å²) in [7, 11) is 0. The molecular formula is C9H15N. The van der Waals surface area contributed by atoms with Crippen molar-refractivity contribution in [3.8, 4) is 12.3 Å². The van der Waals surface area contributed by atoms with Crippen LogP contribution in [0.3, 0.4) is 0 Å².